The van der Waals surface area contributed by atoms with Crippen LogP contribution >= 0.6 is 11.8 Å². The Morgan fingerprint density at radius 3 is 2.08 bits per heavy atom. The average molecular weight is 198 g/mol. The van der Waals surface area contributed by atoms with Gasteiger partial charge in [0.05, 0.1) is 0 Å². The normalized spacial score (nSPS) is 12.1. The first kappa shape index (κ1) is 12.8. The molecule has 0 radical (unpaired) electrons. The van der Waals surface area contributed by atoms with Crippen molar-refractivity contribution in [1.82, 2.24) is 0 Å². The molecular weight excluding hydrogens is 176 g/mol. The lowest BCUT2D eigenvalue weighted by molar-refractivity contribution is 0.806. The molecule has 76 valence electrons. The number of allylic oxidation sites excluding steroid dienone is 4. The van der Waals surface area contributed by atoms with Gasteiger partial charge in [0.25, 0.3) is 0 Å². The van der Waals surface area contributed by atoms with Crippen molar-refractivity contribution in [2.75, 3.05) is 0 Å². The first-order chi connectivity index (χ1) is 5.99. The highest BCUT2D eigenvalue weighted by Gasteiger charge is 2.06. The predicted octanol–water partition coefficient (Wildman–Crippen LogP) is 4.98. The average Bonchev–Trinajstić information content (AvgIpc) is 1.99. The Balaban J connectivity index is 4.47. The topological polar surface area (TPSA) is 0 Å². The summed E-state index contributed by atoms with van der Waals surface area (Å²) in [6.45, 7) is 13.3. The highest BCUT2D eigenvalue weighted by molar-refractivity contribution is 8.06. The first-order valence-corrected chi connectivity index (χ1v) is 5.82. The molecule has 0 aliphatic rings. The van der Waals surface area contributed by atoms with E-state index in [2.05, 4.69) is 47.6 Å². The van der Waals surface area contributed by atoms with E-state index in [1.807, 2.05) is 11.8 Å². The second kappa shape index (κ2) is 6.31. The second-order valence-corrected chi connectivity index (χ2v) is 5.13. The van der Waals surface area contributed by atoms with Crippen molar-refractivity contribution in [2.24, 2.45) is 5.92 Å². The van der Waals surface area contributed by atoms with E-state index in [-0.39, 0.29) is 0 Å². The van der Waals surface area contributed by atoms with E-state index >= 15 is 0 Å². The molecule has 0 fully saturated rings. The Morgan fingerprint density at radius 1 is 1.23 bits per heavy atom. The summed E-state index contributed by atoms with van der Waals surface area (Å²) in [5.74, 6) is 0.648. The number of hydrogen-bond acceptors (Lipinski definition) is 1. The Labute approximate surface area is 87.5 Å². The number of thioether (sulfide) groups is 1. The Hall–Kier alpha value is -0.170. The molecule has 0 bridgehead atoms. The molecule has 0 rings (SSSR count). The molecule has 0 aliphatic carbocycles. The molecule has 0 unspecified atom stereocenters. The van der Waals surface area contributed by atoms with E-state index in [0.29, 0.717) is 5.92 Å². The third-order valence-corrected chi connectivity index (χ3v) is 3.37. The van der Waals surface area contributed by atoms with Crippen molar-refractivity contribution in [3.8, 4) is 0 Å². The number of hydrogen-bond donors (Lipinski definition) is 0. The van der Waals surface area contributed by atoms with Crippen LogP contribution in [0.15, 0.2) is 21.5 Å². The minimum atomic E-state index is 0.648. The summed E-state index contributed by atoms with van der Waals surface area (Å²) in [6.07, 6.45) is 3.42. The fraction of sp³-hybridized carbons (Fsp3) is 0.667. The molecule has 0 nitrogen and oxygen atoms in total. The van der Waals surface area contributed by atoms with Crippen molar-refractivity contribution in [3.63, 3.8) is 0 Å². The SMILES string of the molecule is CC/C=C(/C)SC(=C(C)C)C(C)C. The largest absolute Gasteiger partial charge is 0.0994 e. The molecule has 0 amide bonds. The van der Waals surface area contributed by atoms with Crippen LogP contribution in [-0.2, 0) is 0 Å². The molecule has 0 spiro atoms. The molecule has 1 heteroatoms. The van der Waals surface area contributed by atoms with Gasteiger partial charge in [0.1, 0.15) is 0 Å². The van der Waals surface area contributed by atoms with Crippen LogP contribution in [0.5, 0.6) is 0 Å². The Kier molecular flexibility index (Phi) is 6.23. The van der Waals surface area contributed by atoms with Crippen molar-refractivity contribution < 1.29 is 0 Å². The van der Waals surface area contributed by atoms with Crippen LogP contribution in [0.2, 0.25) is 0 Å². The number of rotatable bonds is 4. The van der Waals surface area contributed by atoms with E-state index in [1.165, 1.54) is 15.4 Å². The molecule has 0 atom stereocenters. The maximum absolute atomic E-state index is 2.29. The summed E-state index contributed by atoms with van der Waals surface area (Å²) in [5.41, 5.74) is 1.45. The minimum Gasteiger partial charge on any atom is -0.0994 e. The maximum atomic E-state index is 2.29. The third kappa shape index (κ3) is 5.20. The standard InChI is InChI=1S/C12H22S/c1-7-8-11(6)13-12(9(2)3)10(4)5/h8-9H,7H2,1-6H3/b11-8-. The van der Waals surface area contributed by atoms with E-state index in [9.17, 15) is 0 Å². The predicted molar refractivity (Wildman–Crippen MR) is 64.9 cm³/mol. The van der Waals surface area contributed by atoms with Gasteiger partial charge in [-0.05, 0) is 42.9 Å². The lowest BCUT2D eigenvalue weighted by Crippen LogP contribution is -1.92. The van der Waals surface area contributed by atoms with Gasteiger partial charge < -0.3 is 0 Å². The molecule has 0 heterocycles. The zero-order valence-corrected chi connectivity index (χ0v) is 10.6. The summed E-state index contributed by atoms with van der Waals surface area (Å²) < 4.78 is 0. The quantitative estimate of drug-likeness (QED) is 0.613. The van der Waals surface area contributed by atoms with Gasteiger partial charge in [0.15, 0.2) is 0 Å². The minimum absolute atomic E-state index is 0.648. The Morgan fingerprint density at radius 2 is 1.77 bits per heavy atom. The van der Waals surface area contributed by atoms with Gasteiger partial charge in [-0.2, -0.15) is 0 Å². The van der Waals surface area contributed by atoms with Crippen LogP contribution in [0.25, 0.3) is 0 Å². The third-order valence-electron chi connectivity index (χ3n) is 1.78. The summed E-state index contributed by atoms with van der Waals surface area (Å²) in [6, 6.07) is 0. The van der Waals surface area contributed by atoms with Crippen LogP contribution in [0.4, 0.5) is 0 Å². The van der Waals surface area contributed by atoms with Crippen LogP contribution in [0, 0.1) is 5.92 Å². The summed E-state index contributed by atoms with van der Waals surface area (Å²) in [4.78, 5) is 2.94. The van der Waals surface area contributed by atoms with E-state index < -0.39 is 0 Å². The Bertz CT molecular complexity index is 205. The van der Waals surface area contributed by atoms with Gasteiger partial charge >= 0.3 is 0 Å². The van der Waals surface area contributed by atoms with Crippen LogP contribution in [0.3, 0.4) is 0 Å². The molecule has 0 aromatic rings. The lowest BCUT2D eigenvalue weighted by Gasteiger charge is -2.13. The zero-order valence-electron chi connectivity index (χ0n) is 9.77. The molecule has 0 aromatic heterocycles. The lowest BCUT2D eigenvalue weighted by atomic mass is 10.1. The van der Waals surface area contributed by atoms with Crippen LogP contribution in [-0.4, -0.2) is 0 Å². The molecule has 0 aromatic carbocycles. The van der Waals surface area contributed by atoms with Crippen molar-refractivity contribution in [3.05, 3.63) is 21.5 Å². The smallest absolute Gasteiger partial charge is 0.00939 e. The van der Waals surface area contributed by atoms with E-state index in [0.717, 1.165) is 6.42 Å². The summed E-state index contributed by atoms with van der Waals surface area (Å²) in [5, 5.41) is 0. The molecule has 13 heavy (non-hydrogen) atoms. The van der Waals surface area contributed by atoms with Crippen molar-refractivity contribution in [1.29, 1.82) is 0 Å². The molecule has 0 saturated carbocycles. The zero-order chi connectivity index (χ0) is 10.4. The highest BCUT2D eigenvalue weighted by atomic mass is 32.2. The molecular formula is C12H22S. The van der Waals surface area contributed by atoms with Crippen LogP contribution < -0.4 is 0 Å². The van der Waals surface area contributed by atoms with Gasteiger partial charge in [-0.3, -0.25) is 0 Å². The summed E-state index contributed by atoms with van der Waals surface area (Å²) >= 11 is 1.93. The van der Waals surface area contributed by atoms with Gasteiger partial charge in [0, 0.05) is 0 Å². The second-order valence-electron chi connectivity index (χ2n) is 3.84. The molecule has 0 aliphatic heterocycles. The summed E-state index contributed by atoms with van der Waals surface area (Å²) in [7, 11) is 0. The van der Waals surface area contributed by atoms with E-state index in [1.54, 1.807) is 0 Å². The maximum Gasteiger partial charge on any atom is -0.00939 e. The fourth-order valence-electron chi connectivity index (χ4n) is 1.30. The van der Waals surface area contributed by atoms with Crippen LogP contribution in [0.1, 0.15) is 48.0 Å². The van der Waals surface area contributed by atoms with E-state index in [4.69, 9.17) is 0 Å². The van der Waals surface area contributed by atoms with Gasteiger partial charge in [0.2, 0.25) is 0 Å². The molecule has 0 N–H and O–H groups in total. The monoisotopic (exact) mass is 198 g/mol. The van der Waals surface area contributed by atoms with Gasteiger partial charge in [-0.25, -0.2) is 0 Å². The van der Waals surface area contributed by atoms with Gasteiger partial charge in [-0.15, -0.1) is 0 Å². The fourth-order valence-corrected chi connectivity index (χ4v) is 2.34. The first-order valence-electron chi connectivity index (χ1n) is 5.01. The highest BCUT2D eigenvalue weighted by Crippen LogP contribution is 2.33. The molecule has 0 saturated heterocycles. The van der Waals surface area contributed by atoms with Crippen molar-refractivity contribution in [2.45, 2.75) is 48.0 Å². The van der Waals surface area contributed by atoms with Gasteiger partial charge in [-0.1, -0.05) is 44.2 Å². The van der Waals surface area contributed by atoms with Crippen molar-refractivity contribution >= 4 is 11.8 Å².